The average Bonchev–Trinajstić information content (AvgIpc) is 1.94. The maximum Gasteiger partial charge on any atom is 0.0350 e. The van der Waals surface area contributed by atoms with Gasteiger partial charge in [0.2, 0.25) is 0 Å². The van der Waals surface area contributed by atoms with Crippen LogP contribution in [-0.4, -0.2) is 48.6 Å². The normalized spacial score (nSPS) is 20.5. The van der Waals surface area contributed by atoms with Crippen LogP contribution >= 0.6 is 0 Å². The Hall–Kier alpha value is -0.0800. The fourth-order valence-corrected chi connectivity index (χ4v) is 1.72. The van der Waals surface area contributed by atoms with Crippen molar-refractivity contribution in [1.82, 2.24) is 9.80 Å². The standard InChI is InChI=1S/C10H22N2/c1-5-6-12-7-10(8-12)11(4)9(2)3/h9-10H,5-8H2,1-4H3. The lowest BCUT2D eigenvalue weighted by Gasteiger charge is -2.45. The van der Waals surface area contributed by atoms with Crippen molar-refractivity contribution in [2.24, 2.45) is 0 Å². The third kappa shape index (κ3) is 2.20. The number of rotatable bonds is 4. The van der Waals surface area contributed by atoms with E-state index in [9.17, 15) is 0 Å². The van der Waals surface area contributed by atoms with Crippen LogP contribution < -0.4 is 0 Å². The molecule has 0 amide bonds. The number of likely N-dealkylation sites (N-methyl/N-ethyl adjacent to an activating group) is 1. The first-order chi connectivity index (χ1) is 5.65. The molecule has 0 bridgehead atoms. The molecule has 1 aliphatic heterocycles. The molecule has 0 radical (unpaired) electrons. The first kappa shape index (κ1) is 10.0. The molecule has 0 unspecified atom stereocenters. The second-order valence-electron chi connectivity index (χ2n) is 4.17. The molecule has 0 aromatic rings. The molecule has 1 rings (SSSR count). The minimum Gasteiger partial charge on any atom is -0.300 e. The summed E-state index contributed by atoms with van der Waals surface area (Å²) in [5.74, 6) is 0. The predicted molar refractivity (Wildman–Crippen MR) is 53.4 cm³/mol. The Morgan fingerprint density at radius 2 is 2.00 bits per heavy atom. The van der Waals surface area contributed by atoms with Gasteiger partial charge in [-0.25, -0.2) is 0 Å². The highest BCUT2D eigenvalue weighted by Crippen LogP contribution is 2.15. The van der Waals surface area contributed by atoms with Crippen molar-refractivity contribution >= 4 is 0 Å². The molecule has 0 aromatic carbocycles. The second kappa shape index (κ2) is 4.24. The maximum atomic E-state index is 2.53. The Bertz CT molecular complexity index is 128. The number of nitrogens with zero attached hydrogens (tertiary/aromatic N) is 2. The zero-order chi connectivity index (χ0) is 9.14. The summed E-state index contributed by atoms with van der Waals surface area (Å²) in [7, 11) is 2.23. The van der Waals surface area contributed by atoms with Crippen LogP contribution in [0.4, 0.5) is 0 Å². The van der Waals surface area contributed by atoms with Gasteiger partial charge in [-0.1, -0.05) is 6.92 Å². The summed E-state index contributed by atoms with van der Waals surface area (Å²) in [6.07, 6.45) is 1.29. The minimum absolute atomic E-state index is 0.693. The highest BCUT2D eigenvalue weighted by Gasteiger charge is 2.29. The van der Waals surface area contributed by atoms with Crippen molar-refractivity contribution in [2.75, 3.05) is 26.7 Å². The van der Waals surface area contributed by atoms with Gasteiger partial charge in [-0.15, -0.1) is 0 Å². The van der Waals surface area contributed by atoms with Gasteiger partial charge in [0.05, 0.1) is 0 Å². The Balaban J connectivity index is 2.16. The van der Waals surface area contributed by atoms with Gasteiger partial charge < -0.3 is 4.90 Å². The average molecular weight is 170 g/mol. The van der Waals surface area contributed by atoms with Gasteiger partial charge >= 0.3 is 0 Å². The Morgan fingerprint density at radius 3 is 2.42 bits per heavy atom. The smallest absolute Gasteiger partial charge is 0.0350 e. The van der Waals surface area contributed by atoms with Crippen LogP contribution in [0.3, 0.4) is 0 Å². The molecule has 0 atom stereocenters. The quantitative estimate of drug-likeness (QED) is 0.629. The molecule has 2 nitrogen and oxygen atoms in total. The highest BCUT2D eigenvalue weighted by atomic mass is 15.3. The summed E-state index contributed by atoms with van der Waals surface area (Å²) >= 11 is 0. The molecule has 0 aromatic heterocycles. The van der Waals surface area contributed by atoms with Crippen molar-refractivity contribution < 1.29 is 0 Å². The summed E-state index contributed by atoms with van der Waals surface area (Å²) in [6.45, 7) is 10.6. The van der Waals surface area contributed by atoms with Crippen molar-refractivity contribution in [3.05, 3.63) is 0 Å². The van der Waals surface area contributed by atoms with E-state index in [4.69, 9.17) is 0 Å². The van der Waals surface area contributed by atoms with Crippen molar-refractivity contribution in [3.63, 3.8) is 0 Å². The van der Waals surface area contributed by atoms with Gasteiger partial charge in [0.25, 0.3) is 0 Å². The summed E-state index contributed by atoms with van der Waals surface area (Å²) in [5, 5.41) is 0. The molecule has 2 heteroatoms. The van der Waals surface area contributed by atoms with Crippen LogP contribution in [0.25, 0.3) is 0 Å². The molecule has 0 spiro atoms. The van der Waals surface area contributed by atoms with Gasteiger partial charge in [0.1, 0.15) is 0 Å². The molecule has 1 saturated heterocycles. The molecule has 0 N–H and O–H groups in total. The lowest BCUT2D eigenvalue weighted by molar-refractivity contribution is 0.0335. The Morgan fingerprint density at radius 1 is 1.42 bits per heavy atom. The lowest BCUT2D eigenvalue weighted by atomic mass is 10.1. The first-order valence-corrected chi connectivity index (χ1v) is 5.09. The van der Waals surface area contributed by atoms with E-state index in [0.29, 0.717) is 6.04 Å². The van der Waals surface area contributed by atoms with Crippen LogP contribution in [0.2, 0.25) is 0 Å². The van der Waals surface area contributed by atoms with Crippen molar-refractivity contribution in [3.8, 4) is 0 Å². The third-order valence-electron chi connectivity index (χ3n) is 2.87. The molecular formula is C10H22N2. The number of hydrogen-bond donors (Lipinski definition) is 0. The van der Waals surface area contributed by atoms with Gasteiger partial charge in [-0.05, 0) is 33.9 Å². The van der Waals surface area contributed by atoms with E-state index in [1.54, 1.807) is 0 Å². The molecular weight excluding hydrogens is 148 g/mol. The zero-order valence-electron chi connectivity index (χ0n) is 8.88. The highest BCUT2D eigenvalue weighted by molar-refractivity contribution is 4.87. The maximum absolute atomic E-state index is 2.53. The van der Waals surface area contributed by atoms with Gasteiger partial charge in [0, 0.05) is 25.2 Å². The molecule has 12 heavy (non-hydrogen) atoms. The molecule has 1 aliphatic rings. The van der Waals surface area contributed by atoms with Crippen LogP contribution in [0, 0.1) is 0 Å². The van der Waals surface area contributed by atoms with E-state index in [1.165, 1.54) is 26.1 Å². The Kier molecular flexibility index (Phi) is 3.53. The van der Waals surface area contributed by atoms with Gasteiger partial charge in [-0.2, -0.15) is 0 Å². The topological polar surface area (TPSA) is 6.48 Å². The summed E-state index contributed by atoms with van der Waals surface area (Å²) in [6, 6.07) is 1.51. The van der Waals surface area contributed by atoms with E-state index in [1.807, 2.05) is 0 Å². The Labute approximate surface area is 76.5 Å². The van der Waals surface area contributed by atoms with E-state index in [0.717, 1.165) is 6.04 Å². The number of likely N-dealkylation sites (tertiary alicyclic amines) is 1. The summed E-state index contributed by atoms with van der Waals surface area (Å²) in [5.41, 5.74) is 0. The fraction of sp³-hybridized carbons (Fsp3) is 1.00. The van der Waals surface area contributed by atoms with Crippen molar-refractivity contribution in [2.45, 2.75) is 39.3 Å². The number of hydrogen-bond acceptors (Lipinski definition) is 2. The largest absolute Gasteiger partial charge is 0.300 e. The van der Waals surface area contributed by atoms with Crippen molar-refractivity contribution in [1.29, 1.82) is 0 Å². The second-order valence-corrected chi connectivity index (χ2v) is 4.17. The zero-order valence-corrected chi connectivity index (χ0v) is 8.88. The van der Waals surface area contributed by atoms with Crippen LogP contribution in [-0.2, 0) is 0 Å². The summed E-state index contributed by atoms with van der Waals surface area (Å²) < 4.78 is 0. The van der Waals surface area contributed by atoms with Crippen LogP contribution in [0.1, 0.15) is 27.2 Å². The van der Waals surface area contributed by atoms with E-state index < -0.39 is 0 Å². The SMILES string of the molecule is CCCN1CC(N(C)C(C)C)C1. The van der Waals surface area contributed by atoms with Gasteiger partial charge in [-0.3, -0.25) is 4.90 Å². The van der Waals surface area contributed by atoms with Crippen LogP contribution in [0.5, 0.6) is 0 Å². The predicted octanol–water partition coefficient (Wildman–Crippen LogP) is 1.42. The van der Waals surface area contributed by atoms with E-state index in [2.05, 4.69) is 37.6 Å². The molecule has 1 fully saturated rings. The fourth-order valence-electron chi connectivity index (χ4n) is 1.72. The monoisotopic (exact) mass is 170 g/mol. The lowest BCUT2D eigenvalue weighted by Crippen LogP contribution is -2.59. The van der Waals surface area contributed by atoms with Crippen LogP contribution in [0.15, 0.2) is 0 Å². The van der Waals surface area contributed by atoms with Gasteiger partial charge in [0.15, 0.2) is 0 Å². The molecule has 72 valence electrons. The molecule has 0 saturated carbocycles. The molecule has 0 aliphatic carbocycles. The first-order valence-electron chi connectivity index (χ1n) is 5.09. The van der Waals surface area contributed by atoms with E-state index in [-0.39, 0.29) is 0 Å². The molecule has 1 heterocycles. The van der Waals surface area contributed by atoms with E-state index >= 15 is 0 Å². The minimum atomic E-state index is 0.693. The summed E-state index contributed by atoms with van der Waals surface area (Å²) in [4.78, 5) is 5.01. The third-order valence-corrected chi connectivity index (χ3v) is 2.87.